The SMILES string of the molecule is COC1=C[C@@H](/C=C/CO)CC(OC)=C1O. The molecule has 1 aliphatic carbocycles. The van der Waals surface area contributed by atoms with Crippen molar-refractivity contribution in [3.8, 4) is 0 Å². The molecule has 4 heteroatoms. The van der Waals surface area contributed by atoms with Crippen LogP contribution in [0.5, 0.6) is 0 Å². The third-order valence-electron chi connectivity index (χ3n) is 2.24. The lowest BCUT2D eigenvalue weighted by Gasteiger charge is -2.20. The van der Waals surface area contributed by atoms with Crippen LogP contribution in [0.2, 0.25) is 0 Å². The van der Waals surface area contributed by atoms with Crippen LogP contribution in [0.15, 0.2) is 35.5 Å². The van der Waals surface area contributed by atoms with Crippen LogP contribution in [0.3, 0.4) is 0 Å². The number of hydrogen-bond donors (Lipinski definition) is 2. The normalized spacial score (nSPS) is 21.8. The third-order valence-corrected chi connectivity index (χ3v) is 2.24. The molecule has 0 aliphatic heterocycles. The van der Waals surface area contributed by atoms with Gasteiger partial charge in [-0.3, -0.25) is 0 Å². The number of hydrogen-bond acceptors (Lipinski definition) is 4. The number of methoxy groups -OCH3 is 2. The molecule has 15 heavy (non-hydrogen) atoms. The molecule has 0 aromatic heterocycles. The molecule has 0 fully saturated rings. The van der Waals surface area contributed by atoms with Gasteiger partial charge in [0, 0.05) is 12.3 Å². The minimum absolute atomic E-state index is 0.00463. The molecular formula is C11H16O4. The maximum atomic E-state index is 9.66. The van der Waals surface area contributed by atoms with E-state index in [1.54, 1.807) is 12.2 Å². The maximum Gasteiger partial charge on any atom is 0.196 e. The Labute approximate surface area is 89.1 Å². The Kier molecular flexibility index (Phi) is 4.24. The fourth-order valence-electron chi connectivity index (χ4n) is 1.48. The molecule has 2 N–H and O–H groups in total. The monoisotopic (exact) mass is 212 g/mol. The first-order valence-corrected chi connectivity index (χ1v) is 4.72. The Balaban J connectivity index is 2.85. The molecule has 4 nitrogen and oxygen atoms in total. The summed E-state index contributed by atoms with van der Waals surface area (Å²) in [6, 6.07) is 0. The zero-order valence-electron chi connectivity index (χ0n) is 8.93. The van der Waals surface area contributed by atoms with E-state index in [0.29, 0.717) is 17.9 Å². The standard InChI is InChI=1S/C11H16O4/c1-14-9-6-8(4-3-5-12)7-10(15-2)11(9)13/h3-4,6,8,12-13H,5,7H2,1-2H3/b4-3+/t8-/m1/s1. The smallest absolute Gasteiger partial charge is 0.196 e. The molecular weight excluding hydrogens is 196 g/mol. The fourth-order valence-corrected chi connectivity index (χ4v) is 1.48. The predicted octanol–water partition coefficient (Wildman–Crippen LogP) is 1.50. The Morgan fingerprint density at radius 2 is 2.20 bits per heavy atom. The highest BCUT2D eigenvalue weighted by Gasteiger charge is 2.21. The van der Waals surface area contributed by atoms with Crippen molar-refractivity contribution in [2.75, 3.05) is 20.8 Å². The van der Waals surface area contributed by atoms with E-state index < -0.39 is 0 Å². The summed E-state index contributed by atoms with van der Waals surface area (Å²) in [7, 11) is 3.00. The summed E-state index contributed by atoms with van der Waals surface area (Å²) in [5.41, 5.74) is 0. The van der Waals surface area contributed by atoms with Gasteiger partial charge in [-0.25, -0.2) is 0 Å². The number of rotatable bonds is 4. The molecule has 0 saturated carbocycles. The summed E-state index contributed by atoms with van der Waals surface area (Å²) >= 11 is 0. The van der Waals surface area contributed by atoms with Crippen molar-refractivity contribution in [3.05, 3.63) is 35.5 Å². The largest absolute Gasteiger partial charge is 0.502 e. The van der Waals surface area contributed by atoms with E-state index in [-0.39, 0.29) is 18.3 Å². The van der Waals surface area contributed by atoms with Crippen LogP contribution in [0.1, 0.15) is 6.42 Å². The van der Waals surface area contributed by atoms with Crippen LogP contribution in [0.4, 0.5) is 0 Å². The Bertz CT molecular complexity index is 302. The Morgan fingerprint density at radius 1 is 1.47 bits per heavy atom. The van der Waals surface area contributed by atoms with E-state index in [1.165, 1.54) is 14.2 Å². The van der Waals surface area contributed by atoms with Crippen molar-refractivity contribution in [1.29, 1.82) is 0 Å². The predicted molar refractivity (Wildman–Crippen MR) is 56.1 cm³/mol. The van der Waals surface area contributed by atoms with Crippen LogP contribution in [0.25, 0.3) is 0 Å². The lowest BCUT2D eigenvalue weighted by atomic mass is 9.97. The molecule has 1 rings (SSSR count). The first-order chi connectivity index (χ1) is 7.22. The van der Waals surface area contributed by atoms with Crippen molar-refractivity contribution in [1.82, 2.24) is 0 Å². The zero-order valence-corrected chi connectivity index (χ0v) is 8.93. The van der Waals surface area contributed by atoms with Crippen LogP contribution < -0.4 is 0 Å². The minimum Gasteiger partial charge on any atom is -0.502 e. The van der Waals surface area contributed by atoms with Crippen molar-refractivity contribution >= 4 is 0 Å². The molecule has 0 spiro atoms. The van der Waals surface area contributed by atoms with E-state index in [4.69, 9.17) is 14.6 Å². The quantitative estimate of drug-likeness (QED) is 0.693. The number of allylic oxidation sites excluding steroid dienone is 3. The maximum absolute atomic E-state index is 9.66. The Morgan fingerprint density at radius 3 is 2.73 bits per heavy atom. The van der Waals surface area contributed by atoms with Gasteiger partial charge in [-0.1, -0.05) is 12.2 Å². The molecule has 1 aliphatic rings. The van der Waals surface area contributed by atoms with Gasteiger partial charge in [0.25, 0.3) is 0 Å². The molecule has 0 aromatic rings. The van der Waals surface area contributed by atoms with Gasteiger partial charge >= 0.3 is 0 Å². The molecule has 0 aromatic carbocycles. The van der Waals surface area contributed by atoms with Crippen LogP contribution in [0, 0.1) is 5.92 Å². The summed E-state index contributed by atoms with van der Waals surface area (Å²) in [6.45, 7) is 0.00463. The van der Waals surface area contributed by atoms with E-state index in [2.05, 4.69) is 0 Å². The topological polar surface area (TPSA) is 58.9 Å². The third kappa shape index (κ3) is 2.76. The molecule has 84 valence electrons. The molecule has 0 unspecified atom stereocenters. The highest BCUT2D eigenvalue weighted by atomic mass is 16.5. The van der Waals surface area contributed by atoms with Crippen LogP contribution >= 0.6 is 0 Å². The first kappa shape index (κ1) is 11.7. The summed E-state index contributed by atoms with van der Waals surface area (Å²) < 4.78 is 10.1. The summed E-state index contributed by atoms with van der Waals surface area (Å²) in [5.74, 6) is 1.04. The van der Waals surface area contributed by atoms with E-state index in [1.807, 2.05) is 6.08 Å². The minimum atomic E-state index is 0.00463. The first-order valence-electron chi connectivity index (χ1n) is 4.72. The Hall–Kier alpha value is -1.42. The van der Waals surface area contributed by atoms with Gasteiger partial charge in [0.05, 0.1) is 20.8 Å². The van der Waals surface area contributed by atoms with Crippen molar-refractivity contribution in [2.24, 2.45) is 5.92 Å². The summed E-state index contributed by atoms with van der Waals surface area (Å²) in [4.78, 5) is 0. The van der Waals surface area contributed by atoms with Crippen LogP contribution in [-0.2, 0) is 9.47 Å². The second-order valence-corrected chi connectivity index (χ2v) is 3.19. The number of ether oxygens (including phenoxy) is 2. The highest BCUT2D eigenvalue weighted by Crippen LogP contribution is 2.28. The second-order valence-electron chi connectivity index (χ2n) is 3.19. The molecule has 0 amide bonds. The lowest BCUT2D eigenvalue weighted by Crippen LogP contribution is -2.10. The van der Waals surface area contributed by atoms with Gasteiger partial charge in [-0.15, -0.1) is 0 Å². The van der Waals surface area contributed by atoms with Gasteiger partial charge in [0.15, 0.2) is 11.5 Å². The van der Waals surface area contributed by atoms with Gasteiger partial charge in [-0.2, -0.15) is 0 Å². The lowest BCUT2D eigenvalue weighted by molar-refractivity contribution is 0.195. The fraction of sp³-hybridized carbons (Fsp3) is 0.455. The van der Waals surface area contributed by atoms with Gasteiger partial charge in [-0.05, 0) is 6.08 Å². The van der Waals surface area contributed by atoms with Crippen LogP contribution in [-0.4, -0.2) is 31.0 Å². The van der Waals surface area contributed by atoms with E-state index >= 15 is 0 Å². The van der Waals surface area contributed by atoms with Crippen molar-refractivity contribution in [2.45, 2.75) is 6.42 Å². The average molecular weight is 212 g/mol. The average Bonchev–Trinajstić information content (AvgIpc) is 2.27. The number of aliphatic hydroxyl groups is 2. The van der Waals surface area contributed by atoms with Gasteiger partial charge in [0.2, 0.25) is 0 Å². The van der Waals surface area contributed by atoms with Gasteiger partial charge < -0.3 is 19.7 Å². The van der Waals surface area contributed by atoms with E-state index in [0.717, 1.165) is 0 Å². The zero-order chi connectivity index (χ0) is 11.3. The van der Waals surface area contributed by atoms with Crippen molar-refractivity contribution < 1.29 is 19.7 Å². The van der Waals surface area contributed by atoms with Crippen molar-refractivity contribution in [3.63, 3.8) is 0 Å². The van der Waals surface area contributed by atoms with E-state index in [9.17, 15) is 5.11 Å². The molecule has 0 heterocycles. The highest BCUT2D eigenvalue weighted by molar-refractivity contribution is 5.29. The molecule has 0 saturated heterocycles. The molecule has 0 bridgehead atoms. The van der Waals surface area contributed by atoms with Gasteiger partial charge in [0.1, 0.15) is 5.76 Å². The summed E-state index contributed by atoms with van der Waals surface area (Å²) in [5, 5.41) is 18.3. The second kappa shape index (κ2) is 5.46. The molecule has 0 radical (unpaired) electrons. The summed E-state index contributed by atoms with van der Waals surface area (Å²) in [6.07, 6.45) is 5.88. The molecule has 1 atom stereocenters. The number of aliphatic hydroxyl groups excluding tert-OH is 2.